The lowest BCUT2D eigenvalue weighted by Crippen LogP contribution is -2.46. The number of oxazole rings is 1. The van der Waals surface area contributed by atoms with Crippen molar-refractivity contribution < 1.29 is 32.2 Å². The maximum absolute atomic E-state index is 13.6. The number of likely N-dealkylation sites (tertiary alicyclic amines) is 1. The fourth-order valence-electron chi connectivity index (χ4n) is 4.58. The van der Waals surface area contributed by atoms with Gasteiger partial charge < -0.3 is 24.9 Å². The molecule has 0 spiro atoms. The molecule has 1 aromatic carbocycles. The fraction of sp³-hybridized carbons (Fsp3) is 0.296. The highest BCUT2D eigenvalue weighted by molar-refractivity contribution is 5.98. The monoisotopic (exact) mass is 552 g/mol. The molecule has 0 bridgehead atoms. The number of hydrogen-bond acceptors (Lipinski definition) is 9. The van der Waals surface area contributed by atoms with Gasteiger partial charge in [-0.05, 0) is 30.3 Å². The second-order valence-corrected chi connectivity index (χ2v) is 9.18. The van der Waals surface area contributed by atoms with E-state index >= 15 is 0 Å². The molecule has 206 valence electrons. The van der Waals surface area contributed by atoms with Gasteiger partial charge in [-0.2, -0.15) is 13.2 Å². The third kappa shape index (κ3) is 4.83. The van der Waals surface area contributed by atoms with E-state index in [1.54, 1.807) is 6.07 Å². The maximum Gasteiger partial charge on any atom is 0.433 e. The first kappa shape index (κ1) is 27.0. The molecule has 1 fully saturated rings. The van der Waals surface area contributed by atoms with Gasteiger partial charge in [-0.3, -0.25) is 4.79 Å². The van der Waals surface area contributed by atoms with E-state index in [2.05, 4.69) is 25.9 Å². The molecule has 1 saturated heterocycles. The van der Waals surface area contributed by atoms with Crippen LogP contribution in [0.25, 0.3) is 22.4 Å². The summed E-state index contributed by atoms with van der Waals surface area (Å²) in [5, 5.41) is 11.3. The lowest BCUT2D eigenvalue weighted by molar-refractivity contribution is -0.140. The molecule has 4 aromatic rings. The number of halogens is 3. The lowest BCUT2D eigenvalue weighted by Gasteiger charge is -2.36. The highest BCUT2D eigenvalue weighted by Crippen LogP contribution is 2.38. The summed E-state index contributed by atoms with van der Waals surface area (Å²) in [6, 6.07) is 5.53. The van der Waals surface area contributed by atoms with Crippen molar-refractivity contribution in [2.45, 2.75) is 30.7 Å². The molecule has 4 heterocycles. The molecule has 3 aromatic heterocycles. The fourth-order valence-corrected chi connectivity index (χ4v) is 4.58. The second-order valence-electron chi connectivity index (χ2n) is 9.18. The number of pyridine rings is 1. The zero-order chi connectivity index (χ0) is 28.7. The van der Waals surface area contributed by atoms with Crippen LogP contribution in [0.2, 0.25) is 0 Å². The predicted molar refractivity (Wildman–Crippen MR) is 136 cm³/mol. The minimum atomic E-state index is -4.67. The van der Waals surface area contributed by atoms with Crippen LogP contribution < -0.4 is 10.5 Å². The van der Waals surface area contributed by atoms with Crippen molar-refractivity contribution in [1.29, 1.82) is 0 Å². The van der Waals surface area contributed by atoms with Crippen molar-refractivity contribution in [3.63, 3.8) is 0 Å². The standard InChI is InChI=1S/C27H23F3N6O4/c1-3-17(31)22-21(24(37)36-13-9-26(38,10-14-36)25-32-11-4-12-33-25)35-23(40-22)16-5-7-18(39-2)20-15(16)6-8-19(34-20)27(28,29)30/h1,4-8,11-12,17,38H,9-10,13-14,31H2,2H3/t17-/m0/s1. The normalized spacial score (nSPS) is 16.0. The van der Waals surface area contributed by atoms with Gasteiger partial charge in [-0.15, -0.1) is 6.42 Å². The third-order valence-electron chi connectivity index (χ3n) is 6.74. The first-order valence-electron chi connectivity index (χ1n) is 12.1. The van der Waals surface area contributed by atoms with Crippen LogP contribution in [0, 0.1) is 12.3 Å². The number of nitrogens with two attached hydrogens (primary N) is 1. The number of aromatic nitrogens is 4. The summed E-state index contributed by atoms with van der Waals surface area (Å²) < 4.78 is 51.1. The van der Waals surface area contributed by atoms with Gasteiger partial charge in [0.15, 0.2) is 17.3 Å². The van der Waals surface area contributed by atoms with Gasteiger partial charge in [0.1, 0.15) is 28.6 Å². The Morgan fingerprint density at radius 1 is 1.20 bits per heavy atom. The summed E-state index contributed by atoms with van der Waals surface area (Å²) in [4.78, 5) is 31.4. The average Bonchev–Trinajstić information content (AvgIpc) is 3.41. The third-order valence-corrected chi connectivity index (χ3v) is 6.74. The minimum absolute atomic E-state index is 0.0675. The van der Waals surface area contributed by atoms with Crippen LogP contribution in [0.5, 0.6) is 5.75 Å². The van der Waals surface area contributed by atoms with E-state index in [1.165, 1.54) is 42.6 Å². The smallest absolute Gasteiger partial charge is 0.433 e. The van der Waals surface area contributed by atoms with Gasteiger partial charge in [-0.25, -0.2) is 19.9 Å². The Morgan fingerprint density at radius 3 is 2.52 bits per heavy atom. The number of piperidine rings is 1. The number of ether oxygens (including phenoxy) is 1. The molecule has 0 unspecified atom stereocenters. The van der Waals surface area contributed by atoms with E-state index in [9.17, 15) is 23.1 Å². The Hall–Kier alpha value is -4.54. The molecule has 1 amide bonds. The highest BCUT2D eigenvalue weighted by Gasteiger charge is 2.39. The largest absolute Gasteiger partial charge is 0.494 e. The Morgan fingerprint density at radius 2 is 1.90 bits per heavy atom. The van der Waals surface area contributed by atoms with Gasteiger partial charge in [-0.1, -0.05) is 5.92 Å². The van der Waals surface area contributed by atoms with E-state index < -0.39 is 29.4 Å². The van der Waals surface area contributed by atoms with Crippen molar-refractivity contribution in [2.24, 2.45) is 5.73 Å². The van der Waals surface area contributed by atoms with E-state index in [0.717, 1.165) is 6.07 Å². The van der Waals surface area contributed by atoms with Gasteiger partial charge in [0, 0.05) is 49.3 Å². The molecular formula is C27H23F3N6O4. The van der Waals surface area contributed by atoms with E-state index in [1.807, 2.05) is 0 Å². The zero-order valence-electron chi connectivity index (χ0n) is 21.1. The molecule has 10 nitrogen and oxygen atoms in total. The lowest BCUT2D eigenvalue weighted by atomic mass is 9.90. The number of aliphatic hydroxyl groups is 1. The number of nitrogens with zero attached hydrogens (tertiary/aromatic N) is 5. The Kier molecular flexibility index (Phi) is 6.91. The molecule has 1 aliphatic heterocycles. The molecule has 1 atom stereocenters. The van der Waals surface area contributed by atoms with Gasteiger partial charge in [0.25, 0.3) is 5.91 Å². The molecule has 0 radical (unpaired) electrons. The number of benzene rings is 1. The molecule has 40 heavy (non-hydrogen) atoms. The molecule has 13 heteroatoms. The van der Waals surface area contributed by atoms with E-state index in [4.69, 9.17) is 21.3 Å². The number of amides is 1. The summed E-state index contributed by atoms with van der Waals surface area (Å²) in [5.74, 6) is 2.02. The van der Waals surface area contributed by atoms with Crippen molar-refractivity contribution >= 4 is 16.8 Å². The van der Waals surface area contributed by atoms with Crippen molar-refractivity contribution in [3.8, 4) is 29.5 Å². The average molecular weight is 553 g/mol. The maximum atomic E-state index is 13.6. The van der Waals surface area contributed by atoms with E-state index in [0.29, 0.717) is 0 Å². The summed E-state index contributed by atoms with van der Waals surface area (Å²) in [6.45, 7) is 0.326. The number of fused-ring (bicyclic) bond motifs is 1. The molecule has 0 saturated carbocycles. The number of hydrogen-bond donors (Lipinski definition) is 2. The molecule has 0 aliphatic carbocycles. The van der Waals surface area contributed by atoms with Crippen LogP contribution >= 0.6 is 0 Å². The Labute approximate surface area is 226 Å². The van der Waals surface area contributed by atoms with Crippen LogP contribution in [-0.4, -0.2) is 56.0 Å². The predicted octanol–water partition coefficient (Wildman–Crippen LogP) is 3.46. The van der Waals surface area contributed by atoms with Crippen LogP contribution in [0.15, 0.2) is 47.1 Å². The molecule has 1 aliphatic rings. The van der Waals surface area contributed by atoms with Gasteiger partial charge in [0.2, 0.25) is 5.89 Å². The summed E-state index contributed by atoms with van der Waals surface area (Å²) in [5.41, 5.74) is 3.71. The van der Waals surface area contributed by atoms with Crippen molar-refractivity contribution in [1.82, 2.24) is 24.8 Å². The number of alkyl halides is 3. The molecule has 3 N–H and O–H groups in total. The number of terminal acetylenes is 1. The molecular weight excluding hydrogens is 529 g/mol. The van der Waals surface area contributed by atoms with Crippen molar-refractivity contribution in [2.75, 3.05) is 20.2 Å². The van der Waals surface area contributed by atoms with Crippen LogP contribution in [0.1, 0.15) is 46.7 Å². The summed E-state index contributed by atoms with van der Waals surface area (Å²) in [6.07, 6.45) is 4.27. The number of carbonyl (C=O) groups excluding carboxylic acids is 1. The summed E-state index contributed by atoms with van der Waals surface area (Å²) >= 11 is 0. The van der Waals surface area contributed by atoms with Crippen LogP contribution in [0.4, 0.5) is 13.2 Å². The SMILES string of the molecule is C#C[C@H](N)c1oc(-c2ccc(OC)c3nc(C(F)(F)F)ccc23)nc1C(=O)N1CCC(O)(c2ncccn2)CC1. The van der Waals surface area contributed by atoms with E-state index in [-0.39, 0.29) is 71.3 Å². The van der Waals surface area contributed by atoms with Crippen LogP contribution in [0.3, 0.4) is 0 Å². The second kappa shape index (κ2) is 10.2. The van der Waals surface area contributed by atoms with Gasteiger partial charge in [0.05, 0.1) is 7.11 Å². The first-order chi connectivity index (χ1) is 19.1. The van der Waals surface area contributed by atoms with Crippen molar-refractivity contribution in [3.05, 3.63) is 65.7 Å². The van der Waals surface area contributed by atoms with Crippen LogP contribution in [-0.2, 0) is 11.8 Å². The number of methoxy groups -OCH3 is 1. The van der Waals surface area contributed by atoms with Gasteiger partial charge >= 0.3 is 6.18 Å². The Bertz CT molecular complexity index is 1610. The number of rotatable bonds is 5. The topological polar surface area (TPSA) is 140 Å². The molecule has 5 rings (SSSR count). The quantitative estimate of drug-likeness (QED) is 0.356. The minimum Gasteiger partial charge on any atom is -0.494 e. The first-order valence-corrected chi connectivity index (χ1v) is 12.1. The zero-order valence-corrected chi connectivity index (χ0v) is 21.1. The summed E-state index contributed by atoms with van der Waals surface area (Å²) in [7, 11) is 1.31. The number of carbonyl (C=O) groups is 1. The highest BCUT2D eigenvalue weighted by atomic mass is 19.4. The Balaban J connectivity index is 1.51.